The van der Waals surface area contributed by atoms with Crippen molar-refractivity contribution in [2.24, 2.45) is 0 Å². The normalized spacial score (nSPS) is 12.1. The van der Waals surface area contributed by atoms with Crippen molar-refractivity contribution in [2.45, 2.75) is 45.1 Å². The Kier molecular flexibility index (Phi) is 5.82. The van der Waals surface area contributed by atoms with Crippen LogP contribution >= 0.6 is 0 Å². The largest absolute Gasteiger partial charge is 0.384 e. The van der Waals surface area contributed by atoms with Gasteiger partial charge in [-0.2, -0.15) is 4.31 Å². The molecule has 1 aromatic carbocycles. The van der Waals surface area contributed by atoms with Gasteiger partial charge < -0.3 is 5.32 Å². The molecule has 0 aliphatic heterocycles. The first-order valence-electron chi connectivity index (χ1n) is 6.79. The van der Waals surface area contributed by atoms with Crippen molar-refractivity contribution in [3.63, 3.8) is 0 Å². The van der Waals surface area contributed by atoms with E-state index >= 15 is 0 Å². The molecule has 1 aromatic rings. The molecular weight excluding hydrogens is 260 g/mol. The maximum Gasteiger partial charge on any atom is 0.245 e. The Bertz CT molecular complexity index is 498. The van der Waals surface area contributed by atoms with Gasteiger partial charge in [-0.3, -0.25) is 0 Å². The number of rotatable bonds is 7. The molecular formula is C14H24N2O2S. The molecule has 0 aliphatic rings. The minimum absolute atomic E-state index is 0.0470. The highest BCUT2D eigenvalue weighted by Gasteiger charge is 2.27. The SMILES string of the molecule is CCCNc1ccccc1S(=O)(=O)N(CC)C(C)C. The van der Waals surface area contributed by atoms with Crippen molar-refractivity contribution in [2.75, 3.05) is 18.4 Å². The van der Waals surface area contributed by atoms with Crippen molar-refractivity contribution in [1.29, 1.82) is 0 Å². The third-order valence-electron chi connectivity index (χ3n) is 2.93. The van der Waals surface area contributed by atoms with Gasteiger partial charge in [0.25, 0.3) is 0 Å². The van der Waals surface area contributed by atoms with Gasteiger partial charge in [-0.15, -0.1) is 0 Å². The van der Waals surface area contributed by atoms with E-state index in [2.05, 4.69) is 12.2 Å². The fourth-order valence-corrected chi connectivity index (χ4v) is 3.85. The third-order valence-corrected chi connectivity index (χ3v) is 5.14. The monoisotopic (exact) mass is 284 g/mol. The summed E-state index contributed by atoms with van der Waals surface area (Å²) in [6.07, 6.45) is 0.954. The van der Waals surface area contributed by atoms with E-state index in [0.29, 0.717) is 17.1 Å². The first-order valence-corrected chi connectivity index (χ1v) is 8.23. The van der Waals surface area contributed by atoms with E-state index in [-0.39, 0.29) is 6.04 Å². The van der Waals surface area contributed by atoms with E-state index in [1.165, 1.54) is 4.31 Å². The molecule has 1 rings (SSSR count). The summed E-state index contributed by atoms with van der Waals surface area (Å²) < 4.78 is 26.9. The van der Waals surface area contributed by atoms with Gasteiger partial charge in [-0.25, -0.2) is 8.42 Å². The van der Waals surface area contributed by atoms with Gasteiger partial charge in [0.15, 0.2) is 0 Å². The summed E-state index contributed by atoms with van der Waals surface area (Å²) in [6.45, 7) is 8.94. The Labute approximate surface area is 116 Å². The smallest absolute Gasteiger partial charge is 0.245 e. The molecule has 0 unspecified atom stereocenters. The van der Waals surface area contributed by atoms with Crippen molar-refractivity contribution < 1.29 is 8.42 Å². The Morgan fingerprint density at radius 2 is 1.84 bits per heavy atom. The van der Waals surface area contributed by atoms with Crippen LogP contribution in [0.25, 0.3) is 0 Å². The van der Waals surface area contributed by atoms with Crippen LogP contribution in [0.4, 0.5) is 5.69 Å². The zero-order chi connectivity index (χ0) is 14.5. The van der Waals surface area contributed by atoms with Gasteiger partial charge in [0, 0.05) is 19.1 Å². The number of hydrogen-bond donors (Lipinski definition) is 1. The second-order valence-corrected chi connectivity index (χ2v) is 6.58. The van der Waals surface area contributed by atoms with E-state index in [1.807, 2.05) is 32.9 Å². The quantitative estimate of drug-likeness (QED) is 0.837. The molecule has 0 bridgehead atoms. The Balaban J connectivity index is 3.20. The molecule has 0 heterocycles. The van der Waals surface area contributed by atoms with Gasteiger partial charge in [0.1, 0.15) is 4.90 Å². The van der Waals surface area contributed by atoms with Crippen molar-refractivity contribution >= 4 is 15.7 Å². The summed E-state index contributed by atoms with van der Waals surface area (Å²) in [6, 6.07) is 7.05. The molecule has 0 aliphatic carbocycles. The lowest BCUT2D eigenvalue weighted by atomic mass is 10.3. The molecule has 0 saturated heterocycles. The highest BCUT2D eigenvalue weighted by atomic mass is 32.2. The number of nitrogens with zero attached hydrogens (tertiary/aromatic N) is 1. The van der Waals surface area contributed by atoms with Gasteiger partial charge >= 0.3 is 0 Å². The molecule has 108 valence electrons. The van der Waals surface area contributed by atoms with E-state index in [0.717, 1.165) is 13.0 Å². The van der Waals surface area contributed by atoms with Crippen LogP contribution in [0.3, 0.4) is 0 Å². The van der Waals surface area contributed by atoms with Crippen LogP contribution in [0.5, 0.6) is 0 Å². The molecule has 19 heavy (non-hydrogen) atoms. The van der Waals surface area contributed by atoms with Gasteiger partial charge in [0.2, 0.25) is 10.0 Å². The summed E-state index contributed by atoms with van der Waals surface area (Å²) in [5, 5.41) is 3.18. The van der Waals surface area contributed by atoms with E-state index in [1.54, 1.807) is 12.1 Å². The minimum atomic E-state index is -3.44. The van der Waals surface area contributed by atoms with Gasteiger partial charge in [-0.1, -0.05) is 26.0 Å². The first-order chi connectivity index (χ1) is 8.95. The fraction of sp³-hybridized carbons (Fsp3) is 0.571. The van der Waals surface area contributed by atoms with E-state index in [9.17, 15) is 8.42 Å². The van der Waals surface area contributed by atoms with Crippen LogP contribution in [0.15, 0.2) is 29.2 Å². The van der Waals surface area contributed by atoms with Crippen LogP contribution in [0.1, 0.15) is 34.1 Å². The van der Waals surface area contributed by atoms with Crippen LogP contribution in [0, 0.1) is 0 Å². The second-order valence-electron chi connectivity index (χ2n) is 4.73. The molecule has 4 nitrogen and oxygen atoms in total. The summed E-state index contributed by atoms with van der Waals surface area (Å²) in [4.78, 5) is 0.360. The Hall–Kier alpha value is -1.07. The minimum Gasteiger partial charge on any atom is -0.384 e. The van der Waals surface area contributed by atoms with Crippen molar-refractivity contribution in [3.8, 4) is 0 Å². The molecule has 0 spiro atoms. The lowest BCUT2D eigenvalue weighted by molar-refractivity contribution is 0.369. The van der Waals surface area contributed by atoms with E-state index < -0.39 is 10.0 Å². The first kappa shape index (κ1) is 16.0. The molecule has 0 saturated carbocycles. The van der Waals surface area contributed by atoms with E-state index in [4.69, 9.17) is 0 Å². The number of nitrogens with one attached hydrogen (secondary N) is 1. The van der Waals surface area contributed by atoms with Crippen molar-refractivity contribution in [3.05, 3.63) is 24.3 Å². The molecule has 0 radical (unpaired) electrons. The molecule has 0 aromatic heterocycles. The number of hydrogen-bond acceptors (Lipinski definition) is 3. The maximum atomic E-state index is 12.7. The number of benzene rings is 1. The highest BCUT2D eigenvalue weighted by Crippen LogP contribution is 2.25. The average molecular weight is 284 g/mol. The molecule has 0 fully saturated rings. The summed E-state index contributed by atoms with van der Waals surface area (Å²) in [7, 11) is -3.44. The molecule has 0 amide bonds. The average Bonchev–Trinajstić information content (AvgIpc) is 2.36. The maximum absolute atomic E-state index is 12.7. The number of para-hydroxylation sites is 1. The molecule has 0 atom stereocenters. The number of sulfonamides is 1. The molecule has 5 heteroatoms. The predicted octanol–water partition coefficient (Wildman–Crippen LogP) is 2.93. The number of anilines is 1. The lowest BCUT2D eigenvalue weighted by Gasteiger charge is -2.25. The Morgan fingerprint density at radius 1 is 1.21 bits per heavy atom. The van der Waals surface area contributed by atoms with Crippen LogP contribution in [-0.4, -0.2) is 31.9 Å². The summed E-state index contributed by atoms with van der Waals surface area (Å²) >= 11 is 0. The molecule has 1 N–H and O–H groups in total. The topological polar surface area (TPSA) is 49.4 Å². The third kappa shape index (κ3) is 3.70. The van der Waals surface area contributed by atoms with Gasteiger partial charge in [0.05, 0.1) is 5.69 Å². The van der Waals surface area contributed by atoms with Gasteiger partial charge in [-0.05, 0) is 32.4 Å². The van der Waals surface area contributed by atoms with Crippen LogP contribution in [0.2, 0.25) is 0 Å². The lowest BCUT2D eigenvalue weighted by Crippen LogP contribution is -2.37. The summed E-state index contributed by atoms with van der Waals surface area (Å²) in [5.41, 5.74) is 0.684. The fourth-order valence-electron chi connectivity index (χ4n) is 2.04. The zero-order valence-electron chi connectivity index (χ0n) is 12.2. The highest BCUT2D eigenvalue weighted by molar-refractivity contribution is 7.89. The van der Waals surface area contributed by atoms with Crippen LogP contribution < -0.4 is 5.32 Å². The predicted molar refractivity (Wildman–Crippen MR) is 79.9 cm³/mol. The second kappa shape index (κ2) is 6.91. The zero-order valence-corrected chi connectivity index (χ0v) is 13.0. The van der Waals surface area contributed by atoms with Crippen molar-refractivity contribution in [1.82, 2.24) is 4.31 Å². The summed E-state index contributed by atoms with van der Waals surface area (Å²) in [5.74, 6) is 0. The standard InChI is InChI=1S/C14H24N2O2S/c1-5-11-15-13-9-7-8-10-14(13)19(17,18)16(6-2)12(3)4/h7-10,12,15H,5-6,11H2,1-4H3. The Morgan fingerprint density at radius 3 is 2.37 bits per heavy atom. The van der Waals surface area contributed by atoms with Crippen LogP contribution in [-0.2, 0) is 10.0 Å².